The first-order chi connectivity index (χ1) is 11.3. The highest BCUT2D eigenvalue weighted by atomic mass is 16.5. The lowest BCUT2D eigenvalue weighted by molar-refractivity contribution is -0.143. The van der Waals surface area contributed by atoms with E-state index >= 15 is 0 Å². The Kier molecular flexibility index (Phi) is 4.80. The fourth-order valence-electron chi connectivity index (χ4n) is 4.71. The standard InChI is InChI=1S/C19H32N2O3/c1-19(2,3)21(18(23)24-4)16-11-14-6-5-7-15(12-16)20(14)17(22)10-13-8-9-13/h13-16H,5-12H2,1-4H3. The predicted molar refractivity (Wildman–Crippen MR) is 92.6 cm³/mol. The molecule has 3 aliphatic rings. The molecule has 5 heteroatoms. The summed E-state index contributed by atoms with van der Waals surface area (Å²) in [5.74, 6) is 0.989. The zero-order chi connectivity index (χ0) is 17.5. The van der Waals surface area contributed by atoms with E-state index in [2.05, 4.69) is 25.7 Å². The molecule has 1 aliphatic carbocycles. The van der Waals surface area contributed by atoms with E-state index in [-0.39, 0.29) is 17.7 Å². The maximum atomic E-state index is 12.7. The predicted octanol–water partition coefficient (Wildman–Crippen LogP) is 3.57. The molecule has 3 rings (SSSR count). The molecular formula is C19H32N2O3. The van der Waals surface area contributed by atoms with Crippen LogP contribution in [0.15, 0.2) is 0 Å². The summed E-state index contributed by atoms with van der Waals surface area (Å²) in [6, 6.07) is 0.754. The van der Waals surface area contributed by atoms with E-state index in [1.165, 1.54) is 26.4 Å². The topological polar surface area (TPSA) is 49.9 Å². The van der Waals surface area contributed by atoms with Gasteiger partial charge in [-0.1, -0.05) is 0 Å². The highest BCUT2D eigenvalue weighted by molar-refractivity contribution is 5.78. The zero-order valence-corrected chi connectivity index (χ0v) is 15.6. The third-order valence-electron chi connectivity index (χ3n) is 5.86. The van der Waals surface area contributed by atoms with Gasteiger partial charge in [0.05, 0.1) is 7.11 Å². The van der Waals surface area contributed by atoms with Gasteiger partial charge in [-0.25, -0.2) is 4.79 Å². The first-order valence-electron chi connectivity index (χ1n) is 9.49. The molecule has 0 radical (unpaired) electrons. The molecular weight excluding hydrogens is 304 g/mol. The minimum Gasteiger partial charge on any atom is -0.453 e. The number of rotatable bonds is 3. The first kappa shape index (κ1) is 17.6. The number of carbonyl (C=O) groups excluding carboxylic acids is 2. The van der Waals surface area contributed by atoms with Gasteiger partial charge in [-0.3, -0.25) is 4.79 Å². The molecule has 3 fully saturated rings. The van der Waals surface area contributed by atoms with Crippen molar-refractivity contribution in [1.29, 1.82) is 0 Å². The second kappa shape index (κ2) is 6.57. The van der Waals surface area contributed by atoms with Crippen LogP contribution in [0.3, 0.4) is 0 Å². The average molecular weight is 336 g/mol. The molecule has 0 aromatic heterocycles. The number of ether oxygens (including phenoxy) is 1. The van der Waals surface area contributed by atoms with Gasteiger partial charge in [0.25, 0.3) is 0 Å². The van der Waals surface area contributed by atoms with Gasteiger partial charge in [0.15, 0.2) is 0 Å². The quantitative estimate of drug-likeness (QED) is 0.792. The van der Waals surface area contributed by atoms with Crippen LogP contribution in [-0.4, -0.2) is 52.6 Å². The van der Waals surface area contributed by atoms with Crippen molar-refractivity contribution in [2.75, 3.05) is 7.11 Å². The minimum atomic E-state index is -0.272. The third kappa shape index (κ3) is 3.55. The van der Waals surface area contributed by atoms with Crippen LogP contribution in [0.4, 0.5) is 4.79 Å². The van der Waals surface area contributed by atoms with Crippen LogP contribution in [0.25, 0.3) is 0 Å². The number of hydrogen-bond acceptors (Lipinski definition) is 3. The maximum absolute atomic E-state index is 12.7. The number of fused-ring (bicyclic) bond motifs is 2. The van der Waals surface area contributed by atoms with Gasteiger partial charge in [0, 0.05) is 30.1 Å². The Morgan fingerprint density at radius 3 is 2.12 bits per heavy atom. The molecule has 2 saturated heterocycles. The van der Waals surface area contributed by atoms with Crippen molar-refractivity contribution < 1.29 is 14.3 Å². The van der Waals surface area contributed by atoms with E-state index in [1.54, 1.807) is 0 Å². The maximum Gasteiger partial charge on any atom is 0.410 e. The minimum absolute atomic E-state index is 0.165. The van der Waals surface area contributed by atoms with E-state index in [1.807, 2.05) is 4.90 Å². The zero-order valence-electron chi connectivity index (χ0n) is 15.6. The number of methoxy groups -OCH3 is 1. The molecule has 136 valence electrons. The van der Waals surface area contributed by atoms with Gasteiger partial charge in [0.1, 0.15) is 0 Å². The van der Waals surface area contributed by atoms with Crippen LogP contribution in [0.5, 0.6) is 0 Å². The highest BCUT2D eigenvalue weighted by Crippen LogP contribution is 2.40. The lowest BCUT2D eigenvalue weighted by Crippen LogP contribution is -2.62. The van der Waals surface area contributed by atoms with Gasteiger partial charge in [0.2, 0.25) is 5.91 Å². The molecule has 2 atom stereocenters. The number of amides is 2. The van der Waals surface area contributed by atoms with Gasteiger partial charge in [-0.05, 0) is 71.6 Å². The third-order valence-corrected chi connectivity index (χ3v) is 5.86. The van der Waals surface area contributed by atoms with Crippen molar-refractivity contribution in [3.63, 3.8) is 0 Å². The van der Waals surface area contributed by atoms with Gasteiger partial charge in [-0.2, -0.15) is 0 Å². The van der Waals surface area contributed by atoms with Crippen molar-refractivity contribution in [3.05, 3.63) is 0 Å². The lowest BCUT2D eigenvalue weighted by atomic mass is 9.80. The summed E-state index contributed by atoms with van der Waals surface area (Å²) in [4.78, 5) is 29.2. The van der Waals surface area contributed by atoms with Crippen molar-refractivity contribution >= 4 is 12.0 Å². The molecule has 2 amide bonds. The molecule has 0 N–H and O–H groups in total. The molecule has 1 saturated carbocycles. The molecule has 2 unspecified atom stereocenters. The molecule has 2 aliphatic heterocycles. The fourth-order valence-corrected chi connectivity index (χ4v) is 4.71. The van der Waals surface area contributed by atoms with Crippen molar-refractivity contribution in [2.45, 2.75) is 95.8 Å². The van der Waals surface area contributed by atoms with Crippen LogP contribution >= 0.6 is 0 Å². The number of carbonyl (C=O) groups is 2. The van der Waals surface area contributed by atoms with Gasteiger partial charge in [-0.15, -0.1) is 0 Å². The molecule has 5 nitrogen and oxygen atoms in total. The summed E-state index contributed by atoms with van der Waals surface area (Å²) in [7, 11) is 1.45. The summed E-state index contributed by atoms with van der Waals surface area (Å²) in [5.41, 5.74) is -0.272. The van der Waals surface area contributed by atoms with Crippen LogP contribution in [0.2, 0.25) is 0 Å². The molecule has 0 aromatic carbocycles. The lowest BCUT2D eigenvalue weighted by Gasteiger charge is -2.53. The van der Waals surface area contributed by atoms with Crippen LogP contribution in [-0.2, 0) is 9.53 Å². The van der Waals surface area contributed by atoms with Gasteiger partial charge >= 0.3 is 6.09 Å². The van der Waals surface area contributed by atoms with Crippen LogP contribution in [0, 0.1) is 5.92 Å². The largest absolute Gasteiger partial charge is 0.453 e. The van der Waals surface area contributed by atoms with E-state index in [4.69, 9.17) is 4.74 Å². The van der Waals surface area contributed by atoms with E-state index in [0.717, 1.165) is 32.1 Å². The Hall–Kier alpha value is -1.26. The molecule has 0 spiro atoms. The second-order valence-corrected chi connectivity index (χ2v) is 8.82. The van der Waals surface area contributed by atoms with E-state index < -0.39 is 0 Å². The van der Waals surface area contributed by atoms with Gasteiger partial charge < -0.3 is 14.5 Å². The smallest absolute Gasteiger partial charge is 0.410 e. The summed E-state index contributed by atoms with van der Waals surface area (Å²) in [6.07, 6.45) is 8.04. The normalized spacial score (nSPS) is 30.0. The highest BCUT2D eigenvalue weighted by Gasteiger charge is 2.46. The Labute approximate surface area is 145 Å². The molecule has 0 aromatic rings. The number of piperidine rings is 2. The van der Waals surface area contributed by atoms with Crippen molar-refractivity contribution in [2.24, 2.45) is 5.92 Å². The SMILES string of the molecule is COC(=O)N(C1CC2CCCC(C1)N2C(=O)CC1CC1)C(C)(C)C. The first-order valence-corrected chi connectivity index (χ1v) is 9.49. The summed E-state index contributed by atoms with van der Waals surface area (Å²) in [6.45, 7) is 6.18. The summed E-state index contributed by atoms with van der Waals surface area (Å²) < 4.78 is 5.06. The average Bonchev–Trinajstić information content (AvgIpc) is 3.28. The van der Waals surface area contributed by atoms with Crippen molar-refractivity contribution in [1.82, 2.24) is 9.80 Å². The van der Waals surface area contributed by atoms with E-state index in [0.29, 0.717) is 23.9 Å². The Morgan fingerprint density at radius 2 is 1.67 bits per heavy atom. The number of nitrogens with zero attached hydrogens (tertiary/aromatic N) is 2. The molecule has 24 heavy (non-hydrogen) atoms. The summed E-state index contributed by atoms with van der Waals surface area (Å²) >= 11 is 0. The summed E-state index contributed by atoms with van der Waals surface area (Å²) in [5, 5.41) is 0. The molecule has 2 bridgehead atoms. The Bertz CT molecular complexity index is 481. The second-order valence-electron chi connectivity index (χ2n) is 8.82. The Balaban J connectivity index is 1.75. The molecule has 2 heterocycles. The van der Waals surface area contributed by atoms with Crippen LogP contribution < -0.4 is 0 Å². The number of hydrogen-bond donors (Lipinski definition) is 0. The monoisotopic (exact) mass is 336 g/mol. The Morgan fingerprint density at radius 1 is 1.08 bits per heavy atom. The fraction of sp³-hybridized carbons (Fsp3) is 0.895. The van der Waals surface area contributed by atoms with E-state index in [9.17, 15) is 9.59 Å². The van der Waals surface area contributed by atoms with Crippen LogP contribution in [0.1, 0.15) is 72.1 Å². The van der Waals surface area contributed by atoms with Crippen molar-refractivity contribution in [3.8, 4) is 0 Å².